The van der Waals surface area contributed by atoms with Crippen molar-refractivity contribution in [1.82, 2.24) is 9.78 Å². The molecule has 3 rings (SSSR count). The second-order valence-corrected chi connectivity index (χ2v) is 5.35. The maximum atomic E-state index is 11.0. The molecule has 2 heterocycles. The predicted molar refractivity (Wildman–Crippen MR) is 76.7 cm³/mol. The zero-order valence-electron chi connectivity index (χ0n) is 11.7. The molecule has 4 nitrogen and oxygen atoms in total. The number of benzene rings is 1. The van der Waals surface area contributed by atoms with Gasteiger partial charge in [-0.2, -0.15) is 5.10 Å². The van der Waals surface area contributed by atoms with Crippen molar-refractivity contribution in [2.45, 2.75) is 37.9 Å². The van der Waals surface area contributed by atoms with Crippen LogP contribution in [0.15, 0.2) is 42.6 Å². The van der Waals surface area contributed by atoms with Crippen molar-refractivity contribution < 1.29 is 9.84 Å². The fraction of sp³-hybridized carbons (Fsp3) is 0.438. The summed E-state index contributed by atoms with van der Waals surface area (Å²) in [5, 5.41) is 15.4. The summed E-state index contributed by atoms with van der Waals surface area (Å²) < 4.78 is 7.51. The van der Waals surface area contributed by atoms with E-state index >= 15 is 0 Å². The third kappa shape index (κ3) is 2.37. The molecule has 0 radical (unpaired) electrons. The number of hydrogen-bond donors (Lipinski definition) is 1. The Hall–Kier alpha value is -1.65. The van der Waals surface area contributed by atoms with Gasteiger partial charge in [-0.3, -0.25) is 0 Å². The lowest BCUT2D eigenvalue weighted by atomic mass is 9.86. The highest BCUT2D eigenvalue weighted by Crippen LogP contribution is 2.36. The van der Waals surface area contributed by atoms with Gasteiger partial charge in [0.2, 0.25) is 0 Å². The standard InChI is InChI=1S/C16H20N2O2/c1-2-14-12-16(19,9-11-20-14)15-8-10-17-18(15)13-6-4-3-5-7-13/h3-8,10,14,19H,2,9,11-12H2,1H3. The van der Waals surface area contributed by atoms with Crippen molar-refractivity contribution >= 4 is 0 Å². The first-order valence-electron chi connectivity index (χ1n) is 7.17. The first-order chi connectivity index (χ1) is 9.73. The number of para-hydroxylation sites is 1. The van der Waals surface area contributed by atoms with Crippen molar-refractivity contribution in [2.24, 2.45) is 0 Å². The molecule has 2 aromatic rings. The summed E-state index contributed by atoms with van der Waals surface area (Å²) in [6.45, 7) is 2.68. The van der Waals surface area contributed by atoms with E-state index in [2.05, 4.69) is 12.0 Å². The van der Waals surface area contributed by atoms with E-state index in [0.717, 1.165) is 17.8 Å². The smallest absolute Gasteiger partial charge is 0.111 e. The van der Waals surface area contributed by atoms with Gasteiger partial charge in [0, 0.05) is 19.0 Å². The normalized spacial score (nSPS) is 26.6. The minimum atomic E-state index is -0.856. The number of ether oxygens (including phenoxy) is 1. The van der Waals surface area contributed by atoms with Crippen LogP contribution >= 0.6 is 0 Å². The van der Waals surface area contributed by atoms with Gasteiger partial charge in [-0.05, 0) is 24.6 Å². The molecule has 0 spiro atoms. The second kappa shape index (κ2) is 5.38. The van der Waals surface area contributed by atoms with Crippen LogP contribution in [0.4, 0.5) is 0 Å². The maximum Gasteiger partial charge on any atom is 0.111 e. The van der Waals surface area contributed by atoms with Gasteiger partial charge >= 0.3 is 0 Å². The number of nitrogens with zero attached hydrogens (tertiary/aromatic N) is 2. The molecule has 4 heteroatoms. The molecule has 1 aromatic heterocycles. The van der Waals surface area contributed by atoms with Gasteiger partial charge in [-0.25, -0.2) is 4.68 Å². The van der Waals surface area contributed by atoms with Crippen LogP contribution in [0.3, 0.4) is 0 Å². The number of aliphatic hydroxyl groups is 1. The summed E-state index contributed by atoms with van der Waals surface area (Å²) in [7, 11) is 0. The number of rotatable bonds is 3. The summed E-state index contributed by atoms with van der Waals surface area (Å²) in [4.78, 5) is 0. The molecule has 2 atom stereocenters. The summed E-state index contributed by atoms with van der Waals surface area (Å²) >= 11 is 0. The molecule has 1 aliphatic heterocycles. The lowest BCUT2D eigenvalue weighted by molar-refractivity contribution is -0.111. The topological polar surface area (TPSA) is 47.3 Å². The van der Waals surface area contributed by atoms with Crippen LogP contribution in [0.2, 0.25) is 0 Å². The monoisotopic (exact) mass is 272 g/mol. The van der Waals surface area contributed by atoms with E-state index in [0.29, 0.717) is 19.4 Å². The van der Waals surface area contributed by atoms with Crippen LogP contribution < -0.4 is 0 Å². The molecular formula is C16H20N2O2. The fourth-order valence-electron chi connectivity index (χ4n) is 2.86. The van der Waals surface area contributed by atoms with Crippen LogP contribution in [0.1, 0.15) is 31.9 Å². The summed E-state index contributed by atoms with van der Waals surface area (Å²) in [6.07, 6.45) is 4.02. The Bertz CT molecular complexity index is 567. The molecule has 0 saturated carbocycles. The predicted octanol–water partition coefficient (Wildman–Crippen LogP) is 2.65. The lowest BCUT2D eigenvalue weighted by Gasteiger charge is -2.36. The van der Waals surface area contributed by atoms with E-state index in [4.69, 9.17) is 4.74 Å². The van der Waals surface area contributed by atoms with Crippen LogP contribution in [0.5, 0.6) is 0 Å². The maximum absolute atomic E-state index is 11.0. The molecule has 2 unspecified atom stereocenters. The van der Waals surface area contributed by atoms with Gasteiger partial charge < -0.3 is 9.84 Å². The molecular weight excluding hydrogens is 252 g/mol. The first kappa shape index (κ1) is 13.3. The van der Waals surface area contributed by atoms with Gasteiger partial charge in [0.1, 0.15) is 5.60 Å². The van der Waals surface area contributed by atoms with Crippen LogP contribution in [0, 0.1) is 0 Å². The summed E-state index contributed by atoms with van der Waals surface area (Å²) in [5.41, 5.74) is 0.969. The SMILES string of the molecule is CCC1CC(O)(c2ccnn2-c2ccccc2)CCO1. The second-order valence-electron chi connectivity index (χ2n) is 5.35. The van der Waals surface area contributed by atoms with Gasteiger partial charge in [-0.15, -0.1) is 0 Å². The van der Waals surface area contributed by atoms with Crippen LogP contribution in [-0.2, 0) is 10.3 Å². The Balaban J connectivity index is 1.97. The zero-order valence-corrected chi connectivity index (χ0v) is 11.7. The van der Waals surface area contributed by atoms with Gasteiger partial charge in [0.25, 0.3) is 0 Å². The Morgan fingerprint density at radius 3 is 2.90 bits per heavy atom. The zero-order chi connectivity index (χ0) is 14.0. The van der Waals surface area contributed by atoms with Crippen molar-refractivity contribution in [3.05, 3.63) is 48.3 Å². The van der Waals surface area contributed by atoms with Gasteiger partial charge in [0.05, 0.1) is 24.1 Å². The largest absolute Gasteiger partial charge is 0.383 e. The third-order valence-corrected chi connectivity index (χ3v) is 4.01. The highest BCUT2D eigenvalue weighted by Gasteiger charge is 2.38. The Morgan fingerprint density at radius 1 is 1.35 bits per heavy atom. The van der Waals surface area contributed by atoms with E-state index in [9.17, 15) is 5.11 Å². The summed E-state index contributed by atoms with van der Waals surface area (Å²) in [6, 6.07) is 11.8. The Morgan fingerprint density at radius 2 is 2.15 bits per heavy atom. The van der Waals surface area contributed by atoms with E-state index in [-0.39, 0.29) is 6.10 Å². The Labute approximate surface area is 119 Å². The van der Waals surface area contributed by atoms with Gasteiger partial charge in [-0.1, -0.05) is 25.1 Å². The first-order valence-corrected chi connectivity index (χ1v) is 7.17. The highest BCUT2D eigenvalue weighted by molar-refractivity contribution is 5.34. The lowest BCUT2D eigenvalue weighted by Crippen LogP contribution is -2.39. The Kier molecular flexibility index (Phi) is 3.59. The minimum absolute atomic E-state index is 0.118. The fourth-order valence-corrected chi connectivity index (χ4v) is 2.86. The van der Waals surface area contributed by atoms with Crippen LogP contribution in [-0.4, -0.2) is 27.6 Å². The van der Waals surface area contributed by atoms with Crippen molar-refractivity contribution in [2.75, 3.05) is 6.61 Å². The summed E-state index contributed by atoms with van der Waals surface area (Å²) in [5.74, 6) is 0. The average Bonchev–Trinajstić information content (AvgIpc) is 2.98. The molecule has 0 bridgehead atoms. The molecule has 0 aliphatic carbocycles. The van der Waals surface area contributed by atoms with E-state index in [1.165, 1.54) is 0 Å². The molecule has 1 aromatic carbocycles. The number of aromatic nitrogens is 2. The molecule has 1 N–H and O–H groups in total. The molecule has 106 valence electrons. The average molecular weight is 272 g/mol. The van der Waals surface area contributed by atoms with Crippen molar-refractivity contribution in [1.29, 1.82) is 0 Å². The van der Waals surface area contributed by atoms with Crippen molar-refractivity contribution in [3.8, 4) is 5.69 Å². The minimum Gasteiger partial charge on any atom is -0.383 e. The molecule has 1 fully saturated rings. The van der Waals surface area contributed by atoms with E-state index in [1.54, 1.807) is 6.20 Å². The van der Waals surface area contributed by atoms with Gasteiger partial charge in [0.15, 0.2) is 0 Å². The van der Waals surface area contributed by atoms with Crippen LogP contribution in [0.25, 0.3) is 5.69 Å². The van der Waals surface area contributed by atoms with E-state index < -0.39 is 5.60 Å². The number of hydrogen-bond acceptors (Lipinski definition) is 3. The van der Waals surface area contributed by atoms with E-state index in [1.807, 2.05) is 41.1 Å². The molecule has 1 saturated heterocycles. The quantitative estimate of drug-likeness (QED) is 0.934. The third-order valence-electron chi connectivity index (χ3n) is 4.01. The van der Waals surface area contributed by atoms with Crippen molar-refractivity contribution in [3.63, 3.8) is 0 Å². The highest BCUT2D eigenvalue weighted by atomic mass is 16.5. The molecule has 0 amide bonds. The molecule has 1 aliphatic rings. The molecule has 20 heavy (non-hydrogen) atoms.